The van der Waals surface area contributed by atoms with Crippen LogP contribution < -0.4 is 0 Å². The maximum atomic E-state index is 6.31. The first-order chi connectivity index (χ1) is 17.3. The highest BCUT2D eigenvalue weighted by molar-refractivity contribution is 6.08. The minimum absolute atomic E-state index is 0.879. The number of furan rings is 1. The summed E-state index contributed by atoms with van der Waals surface area (Å²) in [6.07, 6.45) is 0. The van der Waals surface area contributed by atoms with Gasteiger partial charge in [-0.25, -0.2) is 0 Å². The van der Waals surface area contributed by atoms with Crippen molar-refractivity contribution in [3.8, 4) is 33.8 Å². The largest absolute Gasteiger partial charge is 0.456 e. The van der Waals surface area contributed by atoms with Crippen molar-refractivity contribution in [2.24, 2.45) is 0 Å². The summed E-state index contributed by atoms with van der Waals surface area (Å²) in [5.41, 5.74) is 4.61. The summed E-state index contributed by atoms with van der Waals surface area (Å²) in [6.45, 7) is 0. The first-order valence-electron chi connectivity index (χ1n) is 11.9. The van der Waals surface area contributed by atoms with Gasteiger partial charge in [0.15, 0.2) is 0 Å². The van der Waals surface area contributed by atoms with Gasteiger partial charge in [0, 0.05) is 11.1 Å². The van der Waals surface area contributed by atoms with Crippen molar-refractivity contribution >= 4 is 32.3 Å². The Kier molecular flexibility index (Phi) is 4.53. The lowest BCUT2D eigenvalue weighted by molar-refractivity contribution is 0.598. The zero-order valence-corrected chi connectivity index (χ0v) is 19.1. The van der Waals surface area contributed by atoms with E-state index in [-0.39, 0.29) is 0 Å². The van der Waals surface area contributed by atoms with Gasteiger partial charge in [0.1, 0.15) is 11.5 Å². The molecule has 0 saturated carbocycles. The maximum Gasteiger partial charge on any atom is 0.135 e. The molecule has 0 radical (unpaired) electrons. The predicted octanol–water partition coefficient (Wildman–Crippen LogP) is 9.74. The molecule has 7 aromatic rings. The van der Waals surface area contributed by atoms with E-state index in [0.717, 1.165) is 22.6 Å². The van der Waals surface area contributed by atoms with Gasteiger partial charge in [0.2, 0.25) is 0 Å². The monoisotopic (exact) mass is 446 g/mol. The Morgan fingerprint density at radius 3 is 1.80 bits per heavy atom. The summed E-state index contributed by atoms with van der Waals surface area (Å²) in [4.78, 5) is 0. The average molecular weight is 447 g/mol. The lowest BCUT2D eigenvalue weighted by Crippen LogP contribution is -1.82. The molecular weight excluding hydrogens is 424 g/mol. The van der Waals surface area contributed by atoms with E-state index in [1.165, 1.54) is 43.4 Å². The van der Waals surface area contributed by atoms with Gasteiger partial charge < -0.3 is 4.42 Å². The molecule has 35 heavy (non-hydrogen) atoms. The van der Waals surface area contributed by atoms with Gasteiger partial charge in [-0.3, -0.25) is 0 Å². The van der Waals surface area contributed by atoms with E-state index in [0.29, 0.717) is 0 Å². The first kappa shape index (κ1) is 19.8. The van der Waals surface area contributed by atoms with E-state index >= 15 is 0 Å². The summed E-state index contributed by atoms with van der Waals surface area (Å²) in [5, 5.41) is 7.55. The van der Waals surface area contributed by atoms with Crippen LogP contribution in [0.4, 0.5) is 0 Å². The summed E-state index contributed by atoms with van der Waals surface area (Å²) in [7, 11) is 0. The summed E-state index contributed by atoms with van der Waals surface area (Å²) in [5.74, 6) is 1.77. The third-order valence-electron chi connectivity index (χ3n) is 6.91. The van der Waals surface area contributed by atoms with Gasteiger partial charge in [0.05, 0.1) is 0 Å². The van der Waals surface area contributed by atoms with E-state index in [4.69, 9.17) is 4.42 Å². The lowest BCUT2D eigenvalue weighted by atomic mass is 9.97. The molecular formula is C34H22O. The Hall–Kier alpha value is -4.62. The van der Waals surface area contributed by atoms with E-state index in [1.807, 2.05) is 0 Å². The van der Waals surface area contributed by atoms with Crippen LogP contribution in [0.2, 0.25) is 0 Å². The Bertz CT molecular complexity index is 1830. The van der Waals surface area contributed by atoms with Crippen molar-refractivity contribution in [2.75, 3.05) is 0 Å². The molecule has 6 aromatic carbocycles. The Balaban J connectivity index is 1.22. The zero-order chi connectivity index (χ0) is 23.2. The summed E-state index contributed by atoms with van der Waals surface area (Å²) in [6, 6.07) is 47.3. The van der Waals surface area contributed by atoms with E-state index in [9.17, 15) is 0 Å². The Morgan fingerprint density at radius 2 is 0.943 bits per heavy atom. The molecule has 0 aliphatic rings. The smallest absolute Gasteiger partial charge is 0.135 e. The van der Waals surface area contributed by atoms with Crippen molar-refractivity contribution in [1.29, 1.82) is 0 Å². The molecule has 1 heteroatoms. The Morgan fingerprint density at radius 1 is 0.343 bits per heavy atom. The molecule has 0 fully saturated rings. The first-order valence-corrected chi connectivity index (χ1v) is 11.9. The number of fused-ring (bicyclic) bond motifs is 4. The van der Waals surface area contributed by atoms with Crippen molar-refractivity contribution in [3.05, 3.63) is 133 Å². The molecule has 0 N–H and O–H groups in total. The van der Waals surface area contributed by atoms with Crippen LogP contribution in [0.25, 0.3) is 66.1 Å². The molecule has 164 valence electrons. The number of benzene rings is 6. The molecule has 0 spiro atoms. The van der Waals surface area contributed by atoms with Gasteiger partial charge in [-0.2, -0.15) is 0 Å². The van der Waals surface area contributed by atoms with Crippen LogP contribution in [0, 0.1) is 0 Å². The molecule has 0 amide bonds. The van der Waals surface area contributed by atoms with Crippen LogP contribution >= 0.6 is 0 Å². The molecule has 1 nitrogen and oxygen atoms in total. The Labute approximate surface area is 203 Å². The highest BCUT2D eigenvalue weighted by Crippen LogP contribution is 2.34. The number of hydrogen-bond donors (Lipinski definition) is 0. The van der Waals surface area contributed by atoms with Crippen LogP contribution in [-0.2, 0) is 0 Å². The lowest BCUT2D eigenvalue weighted by Gasteiger charge is -2.08. The van der Waals surface area contributed by atoms with Gasteiger partial charge in [-0.1, -0.05) is 115 Å². The topological polar surface area (TPSA) is 13.1 Å². The van der Waals surface area contributed by atoms with Gasteiger partial charge in [-0.15, -0.1) is 0 Å². The molecule has 1 heterocycles. The van der Waals surface area contributed by atoms with Crippen molar-refractivity contribution < 1.29 is 4.42 Å². The van der Waals surface area contributed by atoms with Gasteiger partial charge >= 0.3 is 0 Å². The number of hydrogen-bond acceptors (Lipinski definition) is 1. The quantitative estimate of drug-likeness (QED) is 0.246. The van der Waals surface area contributed by atoms with E-state index in [1.54, 1.807) is 0 Å². The predicted molar refractivity (Wildman–Crippen MR) is 148 cm³/mol. The maximum absolute atomic E-state index is 6.31. The van der Waals surface area contributed by atoms with Crippen molar-refractivity contribution in [1.82, 2.24) is 0 Å². The molecule has 0 aliphatic carbocycles. The second-order valence-electron chi connectivity index (χ2n) is 8.99. The van der Waals surface area contributed by atoms with E-state index in [2.05, 4.69) is 133 Å². The highest BCUT2D eigenvalue weighted by Gasteiger charge is 2.10. The fourth-order valence-corrected chi connectivity index (χ4v) is 5.10. The van der Waals surface area contributed by atoms with Crippen molar-refractivity contribution in [2.45, 2.75) is 0 Å². The van der Waals surface area contributed by atoms with Crippen molar-refractivity contribution in [3.63, 3.8) is 0 Å². The van der Waals surface area contributed by atoms with Crippen LogP contribution in [0.3, 0.4) is 0 Å². The molecule has 0 bridgehead atoms. The van der Waals surface area contributed by atoms with Gasteiger partial charge in [-0.05, 0) is 61.6 Å². The SMILES string of the molecule is c1ccc2c(-c3ccc(-c4ccc(-c5ccc6c(ccc7ccccc76)c5)cc4)o3)cccc2c1. The second-order valence-corrected chi connectivity index (χ2v) is 8.99. The van der Waals surface area contributed by atoms with E-state index < -0.39 is 0 Å². The molecule has 0 unspecified atom stereocenters. The third-order valence-corrected chi connectivity index (χ3v) is 6.91. The fraction of sp³-hybridized carbons (Fsp3) is 0. The van der Waals surface area contributed by atoms with Crippen LogP contribution in [-0.4, -0.2) is 0 Å². The highest BCUT2D eigenvalue weighted by atomic mass is 16.3. The normalized spacial score (nSPS) is 11.4. The second kappa shape index (κ2) is 8.00. The summed E-state index contributed by atoms with van der Waals surface area (Å²) < 4.78 is 6.31. The molecule has 7 rings (SSSR count). The molecule has 1 aromatic heterocycles. The standard InChI is InChI=1S/C34H22O/c1-4-10-30-24(6-1)8-5-11-32(30)34-21-20-33(35-34)26-15-12-23(13-16-26)27-18-19-31-28(22-27)17-14-25-7-2-3-9-29(25)31/h1-22H. The van der Waals surface area contributed by atoms with Crippen LogP contribution in [0.5, 0.6) is 0 Å². The minimum atomic E-state index is 0.879. The number of rotatable bonds is 3. The molecule has 0 aliphatic heterocycles. The molecule has 0 saturated heterocycles. The summed E-state index contributed by atoms with van der Waals surface area (Å²) >= 11 is 0. The fourth-order valence-electron chi connectivity index (χ4n) is 5.10. The van der Waals surface area contributed by atoms with Gasteiger partial charge in [0.25, 0.3) is 0 Å². The zero-order valence-electron chi connectivity index (χ0n) is 19.1. The average Bonchev–Trinajstić information content (AvgIpc) is 3.43. The van der Waals surface area contributed by atoms with Crippen LogP contribution in [0.1, 0.15) is 0 Å². The third kappa shape index (κ3) is 3.41. The van der Waals surface area contributed by atoms with Crippen LogP contribution in [0.15, 0.2) is 138 Å². The minimum Gasteiger partial charge on any atom is -0.456 e. The molecule has 0 atom stereocenters.